The maximum Gasteiger partial charge on any atom is 0.129 e. The fraction of sp³-hybridized carbons (Fsp3) is 0.600. The molecule has 0 heterocycles. The molecule has 0 amide bonds. The number of benzene rings is 1. The molecule has 1 aromatic rings. The van der Waals surface area contributed by atoms with Crippen LogP contribution in [0.2, 0.25) is 0 Å². The van der Waals surface area contributed by atoms with Crippen LogP contribution in [-0.4, -0.2) is 6.54 Å². The van der Waals surface area contributed by atoms with Gasteiger partial charge >= 0.3 is 0 Å². The highest BCUT2D eigenvalue weighted by atomic mass is 19.1. The minimum atomic E-state index is -0.443. The van der Waals surface area contributed by atoms with Gasteiger partial charge in [0.05, 0.1) is 0 Å². The van der Waals surface area contributed by atoms with E-state index in [0.717, 1.165) is 31.7 Å². The summed E-state index contributed by atoms with van der Waals surface area (Å²) in [4.78, 5) is 0. The van der Waals surface area contributed by atoms with Gasteiger partial charge in [-0.25, -0.2) is 8.78 Å². The SMILES string of the molecule is CCc1cc(C2(CN)CCCCC2)c(F)cc1F. The van der Waals surface area contributed by atoms with Gasteiger partial charge in [0.2, 0.25) is 0 Å². The van der Waals surface area contributed by atoms with Crippen LogP contribution < -0.4 is 5.73 Å². The lowest BCUT2D eigenvalue weighted by atomic mass is 9.69. The molecule has 3 heteroatoms. The molecule has 1 nitrogen and oxygen atoms in total. The molecule has 1 fully saturated rings. The Labute approximate surface area is 107 Å². The maximum atomic E-state index is 14.1. The lowest BCUT2D eigenvalue weighted by Crippen LogP contribution is -2.38. The summed E-state index contributed by atoms with van der Waals surface area (Å²) in [5.41, 5.74) is 6.85. The first kappa shape index (κ1) is 13.5. The quantitative estimate of drug-likeness (QED) is 0.873. The molecule has 0 bridgehead atoms. The van der Waals surface area contributed by atoms with E-state index in [9.17, 15) is 8.78 Å². The summed E-state index contributed by atoms with van der Waals surface area (Å²) in [6, 6.07) is 2.73. The molecule has 2 N–H and O–H groups in total. The van der Waals surface area contributed by atoms with E-state index in [2.05, 4.69) is 0 Å². The Morgan fingerprint density at radius 1 is 1.11 bits per heavy atom. The van der Waals surface area contributed by atoms with Crippen LogP contribution >= 0.6 is 0 Å². The minimum Gasteiger partial charge on any atom is -0.330 e. The van der Waals surface area contributed by atoms with Gasteiger partial charge in [0, 0.05) is 18.0 Å². The van der Waals surface area contributed by atoms with E-state index in [1.807, 2.05) is 6.92 Å². The summed E-state index contributed by atoms with van der Waals surface area (Å²) in [5, 5.41) is 0. The Balaban J connectivity index is 2.47. The van der Waals surface area contributed by atoms with Crippen LogP contribution in [-0.2, 0) is 11.8 Å². The second-order valence-corrected chi connectivity index (χ2v) is 5.32. The number of hydrogen-bond donors (Lipinski definition) is 1. The molecule has 18 heavy (non-hydrogen) atoms. The van der Waals surface area contributed by atoms with E-state index in [-0.39, 0.29) is 5.41 Å². The number of hydrogen-bond acceptors (Lipinski definition) is 1. The summed E-state index contributed by atoms with van der Waals surface area (Å²) < 4.78 is 27.6. The zero-order valence-corrected chi connectivity index (χ0v) is 10.9. The predicted octanol–water partition coefficient (Wildman–Crippen LogP) is 3.69. The zero-order chi connectivity index (χ0) is 13.2. The van der Waals surface area contributed by atoms with Crippen molar-refractivity contribution in [2.45, 2.75) is 50.9 Å². The molecule has 100 valence electrons. The molecule has 0 aromatic heterocycles. The monoisotopic (exact) mass is 253 g/mol. The average Bonchev–Trinajstić information content (AvgIpc) is 2.39. The number of halogens is 2. The Hall–Kier alpha value is -0.960. The van der Waals surface area contributed by atoms with E-state index >= 15 is 0 Å². The predicted molar refractivity (Wildman–Crippen MR) is 69.6 cm³/mol. The summed E-state index contributed by atoms with van der Waals surface area (Å²) in [6.07, 6.45) is 5.75. The third-order valence-electron chi connectivity index (χ3n) is 4.29. The van der Waals surface area contributed by atoms with E-state index in [4.69, 9.17) is 5.73 Å². The van der Waals surface area contributed by atoms with Gasteiger partial charge < -0.3 is 5.73 Å². The van der Waals surface area contributed by atoms with Crippen molar-refractivity contribution >= 4 is 0 Å². The van der Waals surface area contributed by atoms with Crippen molar-refractivity contribution < 1.29 is 8.78 Å². The van der Waals surface area contributed by atoms with Gasteiger partial charge in [-0.15, -0.1) is 0 Å². The molecule has 1 saturated carbocycles. The number of nitrogens with two attached hydrogens (primary N) is 1. The van der Waals surface area contributed by atoms with Crippen LogP contribution in [0.1, 0.15) is 50.2 Å². The van der Waals surface area contributed by atoms with E-state index in [1.165, 1.54) is 6.42 Å². The lowest BCUT2D eigenvalue weighted by molar-refractivity contribution is 0.291. The third-order valence-corrected chi connectivity index (χ3v) is 4.29. The highest BCUT2D eigenvalue weighted by Gasteiger charge is 2.35. The molecular formula is C15H21F2N. The summed E-state index contributed by atoms with van der Waals surface area (Å²) in [7, 11) is 0. The minimum absolute atomic E-state index is 0.278. The largest absolute Gasteiger partial charge is 0.330 e. The highest BCUT2D eigenvalue weighted by Crippen LogP contribution is 2.40. The Morgan fingerprint density at radius 2 is 1.78 bits per heavy atom. The van der Waals surface area contributed by atoms with Crippen molar-refractivity contribution in [2.24, 2.45) is 5.73 Å². The van der Waals surface area contributed by atoms with Crippen LogP contribution in [0.4, 0.5) is 8.78 Å². The standard InChI is InChI=1S/C15H21F2N/c1-2-11-8-12(14(17)9-13(11)16)15(10-18)6-4-3-5-7-15/h8-9H,2-7,10,18H2,1H3. The summed E-state index contributed by atoms with van der Waals surface area (Å²) >= 11 is 0. The Bertz CT molecular complexity index is 423. The second kappa shape index (κ2) is 5.35. The van der Waals surface area contributed by atoms with Gasteiger partial charge in [0.1, 0.15) is 11.6 Å². The van der Waals surface area contributed by atoms with Crippen molar-refractivity contribution in [3.8, 4) is 0 Å². The van der Waals surface area contributed by atoms with Crippen molar-refractivity contribution in [1.29, 1.82) is 0 Å². The van der Waals surface area contributed by atoms with Gasteiger partial charge in [-0.3, -0.25) is 0 Å². The molecule has 0 saturated heterocycles. The van der Waals surface area contributed by atoms with Gasteiger partial charge in [0.25, 0.3) is 0 Å². The molecule has 1 aromatic carbocycles. The lowest BCUT2D eigenvalue weighted by Gasteiger charge is -2.37. The molecule has 0 unspecified atom stereocenters. The maximum absolute atomic E-state index is 14.1. The molecule has 1 aliphatic carbocycles. The van der Waals surface area contributed by atoms with E-state index < -0.39 is 11.6 Å². The first-order chi connectivity index (χ1) is 8.63. The molecule has 0 spiro atoms. The average molecular weight is 253 g/mol. The fourth-order valence-corrected chi connectivity index (χ4v) is 3.08. The number of rotatable bonds is 3. The van der Waals surface area contributed by atoms with Crippen molar-refractivity contribution in [3.05, 3.63) is 34.9 Å². The third kappa shape index (κ3) is 2.28. The van der Waals surface area contributed by atoms with Crippen LogP contribution in [0.3, 0.4) is 0 Å². The van der Waals surface area contributed by atoms with Crippen LogP contribution in [0.5, 0.6) is 0 Å². The first-order valence-corrected chi connectivity index (χ1v) is 6.81. The normalized spacial score (nSPS) is 18.9. The topological polar surface area (TPSA) is 26.0 Å². The fourth-order valence-electron chi connectivity index (χ4n) is 3.08. The smallest absolute Gasteiger partial charge is 0.129 e. The summed E-state index contributed by atoms with van der Waals surface area (Å²) in [6.45, 7) is 2.33. The van der Waals surface area contributed by atoms with Crippen LogP contribution in [0, 0.1) is 11.6 Å². The molecule has 0 radical (unpaired) electrons. The molecular weight excluding hydrogens is 232 g/mol. The van der Waals surface area contributed by atoms with Crippen molar-refractivity contribution in [2.75, 3.05) is 6.54 Å². The van der Waals surface area contributed by atoms with Crippen LogP contribution in [0.15, 0.2) is 12.1 Å². The Kier molecular flexibility index (Phi) is 4.00. The Morgan fingerprint density at radius 3 is 2.33 bits per heavy atom. The number of aryl methyl sites for hydroxylation is 1. The van der Waals surface area contributed by atoms with Gasteiger partial charge in [-0.05, 0) is 36.5 Å². The van der Waals surface area contributed by atoms with Crippen LogP contribution in [0.25, 0.3) is 0 Å². The molecule has 0 atom stereocenters. The van der Waals surface area contributed by atoms with E-state index in [1.54, 1.807) is 6.07 Å². The summed E-state index contributed by atoms with van der Waals surface area (Å²) in [5.74, 6) is -0.876. The molecule has 0 aliphatic heterocycles. The van der Waals surface area contributed by atoms with Gasteiger partial charge in [-0.1, -0.05) is 26.2 Å². The van der Waals surface area contributed by atoms with Crippen molar-refractivity contribution in [1.82, 2.24) is 0 Å². The highest BCUT2D eigenvalue weighted by molar-refractivity contribution is 5.34. The van der Waals surface area contributed by atoms with E-state index in [0.29, 0.717) is 24.1 Å². The molecule has 2 rings (SSSR count). The first-order valence-electron chi connectivity index (χ1n) is 6.81. The van der Waals surface area contributed by atoms with Gasteiger partial charge in [-0.2, -0.15) is 0 Å². The van der Waals surface area contributed by atoms with Crippen molar-refractivity contribution in [3.63, 3.8) is 0 Å². The molecule has 1 aliphatic rings. The van der Waals surface area contributed by atoms with Gasteiger partial charge in [0.15, 0.2) is 0 Å². The second-order valence-electron chi connectivity index (χ2n) is 5.32. The zero-order valence-electron chi connectivity index (χ0n) is 10.9.